The fourth-order valence-corrected chi connectivity index (χ4v) is 0.770. The molecule has 63 valence electrons. The summed E-state index contributed by atoms with van der Waals surface area (Å²) in [5.41, 5.74) is 1.08. The molecule has 0 N–H and O–H groups in total. The standard InChI is InChI=1S/C7H6Cl.2ClH.Fe/c1-6-3-2-4-7(8)5-6;;;/h2-4H,1H3;2*1H;/q-1;;;+3/p-2. The molecule has 0 saturated carbocycles. The third-order valence-electron chi connectivity index (χ3n) is 0.905. The van der Waals surface area contributed by atoms with Crippen LogP contribution in [0.15, 0.2) is 18.2 Å². The Balaban J connectivity index is 0.000000292. The van der Waals surface area contributed by atoms with Crippen LogP contribution in [0, 0.1) is 13.0 Å². The van der Waals surface area contributed by atoms with Gasteiger partial charge in [-0.3, -0.25) is 0 Å². The summed E-state index contributed by atoms with van der Waals surface area (Å²) in [6.45, 7) is 1.96. The second-order valence-corrected chi connectivity index (χ2v) is 3.96. The van der Waals surface area contributed by atoms with Crippen molar-refractivity contribution in [2.75, 3.05) is 0 Å². The van der Waals surface area contributed by atoms with E-state index in [0.717, 1.165) is 5.56 Å². The Bertz CT molecular complexity index is 185. The van der Waals surface area contributed by atoms with Crippen molar-refractivity contribution < 1.29 is 13.1 Å². The fraction of sp³-hybridized carbons (Fsp3) is 0.143. The van der Waals surface area contributed by atoms with Gasteiger partial charge in [-0.15, -0.1) is 11.6 Å². The van der Waals surface area contributed by atoms with E-state index < -0.39 is 0 Å². The van der Waals surface area contributed by atoms with Crippen molar-refractivity contribution in [2.45, 2.75) is 6.92 Å². The van der Waals surface area contributed by atoms with Crippen LogP contribution < -0.4 is 0 Å². The van der Waals surface area contributed by atoms with E-state index in [4.69, 9.17) is 31.8 Å². The molecule has 0 heterocycles. The SMILES string of the molecule is Cc1[c-]c(Cl)ccc1.[Cl][Fe+][Cl]. The van der Waals surface area contributed by atoms with Crippen LogP contribution in [0.3, 0.4) is 0 Å². The van der Waals surface area contributed by atoms with Gasteiger partial charge in [-0.2, -0.15) is 29.8 Å². The summed E-state index contributed by atoms with van der Waals surface area (Å²) in [5.74, 6) is 0. The van der Waals surface area contributed by atoms with Crippen LogP contribution in [-0.4, -0.2) is 0 Å². The van der Waals surface area contributed by atoms with Gasteiger partial charge in [0.1, 0.15) is 0 Å². The van der Waals surface area contributed by atoms with E-state index >= 15 is 0 Å². The number of hydrogen-bond donors (Lipinski definition) is 0. The zero-order chi connectivity index (χ0) is 8.69. The van der Waals surface area contributed by atoms with Crippen molar-refractivity contribution in [1.82, 2.24) is 0 Å². The van der Waals surface area contributed by atoms with Crippen molar-refractivity contribution in [3.8, 4) is 0 Å². The summed E-state index contributed by atoms with van der Waals surface area (Å²) in [6, 6.07) is 8.62. The maximum absolute atomic E-state index is 5.59. The monoisotopic (exact) mass is 251 g/mol. The summed E-state index contributed by atoms with van der Waals surface area (Å²) in [4.78, 5) is 0. The van der Waals surface area contributed by atoms with Gasteiger partial charge in [0.2, 0.25) is 0 Å². The van der Waals surface area contributed by atoms with Crippen LogP contribution in [0.1, 0.15) is 5.56 Å². The molecule has 0 saturated heterocycles. The Hall–Kier alpha value is 0.609. The van der Waals surface area contributed by atoms with E-state index in [9.17, 15) is 0 Å². The van der Waals surface area contributed by atoms with E-state index in [1.807, 2.05) is 25.1 Å². The first-order valence-electron chi connectivity index (χ1n) is 2.70. The Labute approximate surface area is 86.4 Å². The second kappa shape index (κ2) is 7.27. The molecular weight excluding hydrogens is 246 g/mol. The normalized spacial score (nSPS) is 8.36. The molecule has 1 aromatic rings. The van der Waals surface area contributed by atoms with E-state index in [1.54, 1.807) is 0 Å². The van der Waals surface area contributed by atoms with Crippen molar-refractivity contribution in [1.29, 1.82) is 0 Å². The molecule has 0 bridgehead atoms. The molecule has 0 unspecified atom stereocenters. The summed E-state index contributed by atoms with van der Waals surface area (Å²) < 4.78 is 0. The molecule has 0 radical (unpaired) electrons. The van der Waals surface area contributed by atoms with Crippen LogP contribution in [-0.2, 0) is 13.1 Å². The molecular formula is C7H6Cl3Fe. The summed E-state index contributed by atoms with van der Waals surface area (Å²) >= 11 is 5.78. The third kappa shape index (κ3) is 6.99. The van der Waals surface area contributed by atoms with Gasteiger partial charge < -0.3 is 0 Å². The van der Waals surface area contributed by atoms with Crippen molar-refractivity contribution in [2.24, 2.45) is 0 Å². The van der Waals surface area contributed by atoms with E-state index in [-0.39, 0.29) is 13.1 Å². The Kier molecular flexibility index (Phi) is 7.67. The van der Waals surface area contributed by atoms with E-state index in [2.05, 4.69) is 6.07 Å². The van der Waals surface area contributed by atoms with Gasteiger partial charge in [0.15, 0.2) is 0 Å². The van der Waals surface area contributed by atoms with Crippen molar-refractivity contribution >= 4 is 31.8 Å². The molecule has 0 amide bonds. The number of aryl methyl sites for hydroxylation is 1. The molecule has 0 atom stereocenters. The topological polar surface area (TPSA) is 0 Å². The number of hydrogen-bond acceptors (Lipinski definition) is 0. The van der Waals surface area contributed by atoms with Crippen LogP contribution in [0.5, 0.6) is 0 Å². The third-order valence-corrected chi connectivity index (χ3v) is 1.13. The average Bonchev–Trinajstić information content (AvgIpc) is 1.88. The van der Waals surface area contributed by atoms with Gasteiger partial charge in [-0.1, -0.05) is 11.9 Å². The predicted octanol–water partition coefficient (Wildman–Crippen LogP) is 3.83. The van der Waals surface area contributed by atoms with Crippen LogP contribution in [0.4, 0.5) is 0 Å². The van der Waals surface area contributed by atoms with Gasteiger partial charge in [0.25, 0.3) is 0 Å². The maximum atomic E-state index is 5.59. The number of benzene rings is 1. The Morgan fingerprint density at radius 2 is 1.91 bits per heavy atom. The Morgan fingerprint density at radius 1 is 1.36 bits per heavy atom. The van der Waals surface area contributed by atoms with Crippen molar-refractivity contribution in [3.05, 3.63) is 34.9 Å². The van der Waals surface area contributed by atoms with E-state index in [1.165, 1.54) is 0 Å². The molecule has 0 aliphatic carbocycles. The summed E-state index contributed by atoms with van der Waals surface area (Å²) in [5, 5.41) is 0.685. The first-order valence-corrected chi connectivity index (χ1v) is 6.12. The molecule has 4 heteroatoms. The quantitative estimate of drug-likeness (QED) is 0.486. The molecule has 1 aromatic carbocycles. The molecule has 0 fully saturated rings. The fourth-order valence-electron chi connectivity index (χ4n) is 0.549. The summed E-state index contributed by atoms with van der Waals surface area (Å²) in [6.07, 6.45) is 0. The van der Waals surface area contributed by atoms with Gasteiger partial charge in [-0.05, 0) is 0 Å². The first kappa shape index (κ1) is 11.6. The van der Waals surface area contributed by atoms with Gasteiger partial charge in [0, 0.05) is 0 Å². The van der Waals surface area contributed by atoms with Gasteiger partial charge >= 0.3 is 33.3 Å². The minimum absolute atomic E-state index is 0.194. The van der Waals surface area contributed by atoms with E-state index in [0.29, 0.717) is 5.02 Å². The molecule has 0 aliphatic heterocycles. The van der Waals surface area contributed by atoms with Crippen molar-refractivity contribution in [3.63, 3.8) is 0 Å². The van der Waals surface area contributed by atoms with Gasteiger partial charge in [0.05, 0.1) is 0 Å². The zero-order valence-corrected chi connectivity index (χ0v) is 9.09. The zero-order valence-electron chi connectivity index (χ0n) is 5.72. The van der Waals surface area contributed by atoms with Crippen LogP contribution >= 0.6 is 31.8 Å². The Morgan fingerprint density at radius 3 is 2.18 bits per heavy atom. The molecule has 0 aliphatic rings. The van der Waals surface area contributed by atoms with Crippen LogP contribution in [0.2, 0.25) is 5.02 Å². The summed E-state index contributed by atoms with van der Waals surface area (Å²) in [7, 11) is 9.53. The number of halogens is 3. The predicted molar refractivity (Wildman–Crippen MR) is 46.7 cm³/mol. The molecule has 11 heavy (non-hydrogen) atoms. The second-order valence-electron chi connectivity index (χ2n) is 1.73. The first-order chi connectivity index (χ1) is 5.20. The minimum atomic E-state index is 0.194. The molecule has 1 rings (SSSR count). The molecule has 0 nitrogen and oxygen atoms in total. The average molecular weight is 252 g/mol. The molecule has 0 aromatic heterocycles. The molecule has 0 spiro atoms. The van der Waals surface area contributed by atoms with Gasteiger partial charge in [-0.25, -0.2) is 0 Å². The number of rotatable bonds is 0. The van der Waals surface area contributed by atoms with Crippen LogP contribution in [0.25, 0.3) is 0 Å².